The SMILES string of the molecule is OCCC1(CNCc2cc(F)c(O)c(F)c2)CC1. The average Bonchev–Trinajstić information content (AvgIpc) is 3.06. The molecule has 0 radical (unpaired) electrons. The van der Waals surface area contributed by atoms with Gasteiger partial charge in [-0.05, 0) is 42.4 Å². The monoisotopic (exact) mass is 257 g/mol. The predicted molar refractivity (Wildman–Crippen MR) is 63.1 cm³/mol. The van der Waals surface area contributed by atoms with Crippen molar-refractivity contribution in [3.05, 3.63) is 29.3 Å². The lowest BCUT2D eigenvalue weighted by Gasteiger charge is -2.14. The van der Waals surface area contributed by atoms with E-state index in [1.807, 2.05) is 0 Å². The van der Waals surface area contributed by atoms with E-state index >= 15 is 0 Å². The van der Waals surface area contributed by atoms with Crippen molar-refractivity contribution >= 4 is 0 Å². The van der Waals surface area contributed by atoms with Crippen LogP contribution in [0.3, 0.4) is 0 Å². The Labute approximate surface area is 104 Å². The number of phenolic OH excluding ortho intramolecular Hbond substituents is 1. The van der Waals surface area contributed by atoms with Crippen molar-refractivity contribution in [2.45, 2.75) is 25.8 Å². The van der Waals surface area contributed by atoms with Crippen molar-refractivity contribution in [3.8, 4) is 5.75 Å². The van der Waals surface area contributed by atoms with Gasteiger partial charge in [0.25, 0.3) is 0 Å². The standard InChI is InChI=1S/C13H17F2NO2/c14-10-5-9(6-11(15)12(10)18)7-16-8-13(1-2-13)3-4-17/h5-6,16-18H,1-4,7-8H2. The fourth-order valence-corrected chi connectivity index (χ4v) is 2.12. The lowest BCUT2D eigenvalue weighted by Crippen LogP contribution is -2.24. The second-order valence-corrected chi connectivity index (χ2v) is 4.99. The number of rotatable bonds is 6. The second kappa shape index (κ2) is 5.20. The van der Waals surface area contributed by atoms with Crippen LogP contribution in [0, 0.1) is 17.0 Å². The highest BCUT2D eigenvalue weighted by Gasteiger charge is 2.41. The van der Waals surface area contributed by atoms with Gasteiger partial charge in [-0.3, -0.25) is 0 Å². The smallest absolute Gasteiger partial charge is 0.187 e. The molecule has 0 aromatic heterocycles. The van der Waals surface area contributed by atoms with Crippen LogP contribution in [0.2, 0.25) is 0 Å². The van der Waals surface area contributed by atoms with Crippen LogP contribution in [0.4, 0.5) is 8.78 Å². The molecule has 0 saturated heterocycles. The Morgan fingerprint density at radius 3 is 2.33 bits per heavy atom. The summed E-state index contributed by atoms with van der Waals surface area (Å²) in [6.07, 6.45) is 2.93. The van der Waals surface area contributed by atoms with Crippen molar-refractivity contribution in [3.63, 3.8) is 0 Å². The molecule has 2 rings (SSSR count). The van der Waals surface area contributed by atoms with Crippen molar-refractivity contribution in [1.29, 1.82) is 0 Å². The maximum absolute atomic E-state index is 13.1. The molecular weight excluding hydrogens is 240 g/mol. The van der Waals surface area contributed by atoms with Gasteiger partial charge in [-0.2, -0.15) is 0 Å². The first-order chi connectivity index (χ1) is 8.56. The van der Waals surface area contributed by atoms with Gasteiger partial charge in [0.2, 0.25) is 0 Å². The summed E-state index contributed by atoms with van der Waals surface area (Å²) >= 11 is 0. The minimum absolute atomic E-state index is 0.169. The van der Waals surface area contributed by atoms with E-state index < -0.39 is 17.4 Å². The van der Waals surface area contributed by atoms with E-state index in [0.29, 0.717) is 12.1 Å². The molecule has 5 heteroatoms. The lowest BCUT2D eigenvalue weighted by atomic mass is 10.0. The Balaban J connectivity index is 1.87. The molecule has 0 amide bonds. The van der Waals surface area contributed by atoms with Gasteiger partial charge in [-0.15, -0.1) is 0 Å². The Hall–Kier alpha value is -1.20. The van der Waals surface area contributed by atoms with Crippen LogP contribution in [-0.4, -0.2) is 23.4 Å². The van der Waals surface area contributed by atoms with Gasteiger partial charge in [-0.25, -0.2) is 8.78 Å². The zero-order valence-electron chi connectivity index (χ0n) is 10.0. The molecule has 3 nitrogen and oxygen atoms in total. The van der Waals surface area contributed by atoms with Crippen LogP contribution in [0.5, 0.6) is 5.75 Å². The van der Waals surface area contributed by atoms with Crippen molar-refractivity contribution < 1.29 is 19.0 Å². The third kappa shape index (κ3) is 2.97. The molecule has 1 fully saturated rings. The van der Waals surface area contributed by atoms with Gasteiger partial charge in [0.15, 0.2) is 17.4 Å². The topological polar surface area (TPSA) is 52.5 Å². The molecule has 3 N–H and O–H groups in total. The molecule has 0 aliphatic heterocycles. The Morgan fingerprint density at radius 1 is 1.22 bits per heavy atom. The minimum atomic E-state index is -0.941. The molecule has 0 bridgehead atoms. The number of aliphatic hydroxyl groups is 1. The molecule has 0 atom stereocenters. The average molecular weight is 257 g/mol. The predicted octanol–water partition coefficient (Wildman–Crippen LogP) is 1.92. The van der Waals surface area contributed by atoms with E-state index in [-0.39, 0.29) is 12.0 Å². The fourth-order valence-electron chi connectivity index (χ4n) is 2.12. The molecule has 1 aliphatic rings. The fraction of sp³-hybridized carbons (Fsp3) is 0.538. The molecule has 1 aliphatic carbocycles. The third-order valence-electron chi connectivity index (χ3n) is 3.51. The summed E-state index contributed by atoms with van der Waals surface area (Å²) in [7, 11) is 0. The molecule has 1 saturated carbocycles. The van der Waals surface area contributed by atoms with Gasteiger partial charge in [-0.1, -0.05) is 0 Å². The van der Waals surface area contributed by atoms with E-state index in [1.165, 1.54) is 0 Å². The van der Waals surface area contributed by atoms with E-state index in [1.54, 1.807) is 0 Å². The summed E-state index contributed by atoms with van der Waals surface area (Å²) in [5.74, 6) is -2.82. The zero-order chi connectivity index (χ0) is 13.2. The first-order valence-corrected chi connectivity index (χ1v) is 6.05. The van der Waals surface area contributed by atoms with Crippen LogP contribution in [0.15, 0.2) is 12.1 Å². The highest BCUT2D eigenvalue weighted by atomic mass is 19.1. The normalized spacial score (nSPS) is 16.8. The summed E-state index contributed by atoms with van der Waals surface area (Å²) in [5, 5.41) is 21.0. The summed E-state index contributed by atoms with van der Waals surface area (Å²) in [5.41, 5.74) is 0.630. The Morgan fingerprint density at radius 2 is 1.83 bits per heavy atom. The van der Waals surface area contributed by atoms with Crippen LogP contribution < -0.4 is 5.32 Å². The van der Waals surface area contributed by atoms with E-state index in [4.69, 9.17) is 10.2 Å². The molecule has 0 spiro atoms. The first kappa shape index (κ1) is 13.2. The van der Waals surface area contributed by atoms with Crippen molar-refractivity contribution in [2.75, 3.05) is 13.2 Å². The van der Waals surface area contributed by atoms with Crippen LogP contribution in [0.1, 0.15) is 24.8 Å². The van der Waals surface area contributed by atoms with Gasteiger partial charge in [0.1, 0.15) is 0 Å². The Kier molecular flexibility index (Phi) is 3.82. The quantitative estimate of drug-likeness (QED) is 0.730. The zero-order valence-corrected chi connectivity index (χ0v) is 10.0. The van der Waals surface area contributed by atoms with Gasteiger partial charge < -0.3 is 15.5 Å². The highest BCUT2D eigenvalue weighted by molar-refractivity contribution is 5.29. The minimum Gasteiger partial charge on any atom is -0.503 e. The van der Waals surface area contributed by atoms with Crippen LogP contribution in [-0.2, 0) is 6.54 Å². The summed E-state index contributed by atoms with van der Waals surface area (Å²) in [6, 6.07) is 2.24. The number of aromatic hydroxyl groups is 1. The summed E-state index contributed by atoms with van der Waals surface area (Å²) in [4.78, 5) is 0. The molecule has 0 heterocycles. The number of nitrogens with one attached hydrogen (secondary N) is 1. The number of hydrogen-bond acceptors (Lipinski definition) is 3. The number of aliphatic hydroxyl groups excluding tert-OH is 1. The van der Waals surface area contributed by atoms with E-state index in [9.17, 15) is 8.78 Å². The van der Waals surface area contributed by atoms with Crippen molar-refractivity contribution in [1.82, 2.24) is 5.32 Å². The van der Waals surface area contributed by atoms with E-state index in [0.717, 1.165) is 37.9 Å². The van der Waals surface area contributed by atoms with Gasteiger partial charge in [0, 0.05) is 19.7 Å². The van der Waals surface area contributed by atoms with Crippen LogP contribution in [0.25, 0.3) is 0 Å². The first-order valence-electron chi connectivity index (χ1n) is 6.05. The second-order valence-electron chi connectivity index (χ2n) is 4.99. The Bertz CT molecular complexity index is 410. The maximum atomic E-state index is 13.1. The van der Waals surface area contributed by atoms with Gasteiger partial charge in [0.05, 0.1) is 0 Å². The number of phenols is 1. The molecule has 0 unspecified atom stereocenters. The molecule has 1 aromatic rings. The number of halogens is 2. The van der Waals surface area contributed by atoms with Crippen LogP contribution >= 0.6 is 0 Å². The van der Waals surface area contributed by atoms with E-state index in [2.05, 4.69) is 5.32 Å². The number of benzene rings is 1. The maximum Gasteiger partial charge on any atom is 0.187 e. The summed E-state index contributed by atoms with van der Waals surface area (Å²) in [6.45, 7) is 1.25. The van der Waals surface area contributed by atoms with Crippen molar-refractivity contribution in [2.24, 2.45) is 5.41 Å². The summed E-state index contributed by atoms with van der Waals surface area (Å²) < 4.78 is 26.2. The molecular formula is C13H17F2NO2. The number of hydrogen-bond donors (Lipinski definition) is 3. The molecule has 18 heavy (non-hydrogen) atoms. The molecule has 1 aromatic carbocycles. The highest BCUT2D eigenvalue weighted by Crippen LogP contribution is 2.47. The molecule has 100 valence electrons. The lowest BCUT2D eigenvalue weighted by molar-refractivity contribution is 0.245. The largest absolute Gasteiger partial charge is 0.503 e. The van der Waals surface area contributed by atoms with Gasteiger partial charge >= 0.3 is 0 Å². The third-order valence-corrected chi connectivity index (χ3v) is 3.51.